The molecule has 9 nitrogen and oxygen atoms in total. The van der Waals surface area contributed by atoms with Gasteiger partial charge in [-0.15, -0.1) is 5.10 Å². The summed E-state index contributed by atoms with van der Waals surface area (Å²) in [5.41, 5.74) is 2.13. The van der Waals surface area contributed by atoms with Gasteiger partial charge in [0.2, 0.25) is 11.1 Å². The number of nitrogens with one attached hydrogen (secondary N) is 1. The summed E-state index contributed by atoms with van der Waals surface area (Å²) >= 11 is 4.58. The highest BCUT2D eigenvalue weighted by Gasteiger charge is 2.19. The predicted octanol–water partition coefficient (Wildman–Crippen LogP) is 2.95. The average Bonchev–Trinajstić information content (AvgIpc) is 3.32. The Hall–Kier alpha value is -3.18. The number of tetrazole rings is 1. The molecule has 158 valence electrons. The Morgan fingerprint density at radius 1 is 1.10 bits per heavy atom. The second kappa shape index (κ2) is 8.90. The van der Waals surface area contributed by atoms with Gasteiger partial charge in [-0.25, -0.2) is 4.68 Å². The van der Waals surface area contributed by atoms with E-state index in [9.17, 15) is 9.59 Å². The number of anilines is 1. The molecule has 11 heteroatoms. The first kappa shape index (κ1) is 21.1. The minimum Gasteiger partial charge on any atom is -0.319 e. The van der Waals surface area contributed by atoms with Crippen molar-refractivity contribution in [2.45, 2.75) is 12.1 Å². The first-order valence-corrected chi connectivity index (χ1v) is 11.0. The Morgan fingerprint density at radius 2 is 1.81 bits per heavy atom. The molecule has 2 aromatic heterocycles. The fourth-order valence-corrected chi connectivity index (χ4v) is 3.99. The summed E-state index contributed by atoms with van der Waals surface area (Å²) in [6, 6.07) is 16.8. The normalized spacial score (nSPS) is 10.9. The van der Waals surface area contributed by atoms with Crippen LogP contribution in [-0.4, -0.2) is 41.2 Å². The van der Waals surface area contributed by atoms with Gasteiger partial charge in [0.15, 0.2) is 0 Å². The average molecular weight is 500 g/mol. The monoisotopic (exact) mass is 499 g/mol. The van der Waals surface area contributed by atoms with Crippen LogP contribution in [0.25, 0.3) is 11.4 Å². The zero-order chi connectivity index (χ0) is 22.0. The third-order valence-corrected chi connectivity index (χ3v) is 6.11. The quantitative estimate of drug-likeness (QED) is 0.409. The second-order valence-electron chi connectivity index (χ2n) is 6.62. The maximum Gasteiger partial charge on any atom is 0.295 e. The topological polar surface area (TPSA) is 99.6 Å². The van der Waals surface area contributed by atoms with Crippen molar-refractivity contribution in [3.05, 3.63) is 75.1 Å². The first-order valence-electron chi connectivity index (χ1n) is 9.26. The number of hydrogen-bond acceptors (Lipinski definition) is 6. The van der Waals surface area contributed by atoms with Crippen molar-refractivity contribution in [3.8, 4) is 11.4 Å². The van der Waals surface area contributed by atoms with Crippen LogP contribution in [0.5, 0.6) is 0 Å². The van der Waals surface area contributed by atoms with Gasteiger partial charge in [0.25, 0.3) is 5.56 Å². The van der Waals surface area contributed by atoms with Crippen LogP contribution in [0.2, 0.25) is 0 Å². The van der Waals surface area contributed by atoms with E-state index in [1.54, 1.807) is 23.3 Å². The number of hydrogen-bond donors (Lipinski definition) is 1. The van der Waals surface area contributed by atoms with Crippen LogP contribution >= 0.6 is 27.7 Å². The largest absolute Gasteiger partial charge is 0.319 e. The Bertz CT molecular complexity index is 1280. The van der Waals surface area contributed by atoms with Gasteiger partial charge in [-0.1, -0.05) is 45.9 Å². The first-order chi connectivity index (χ1) is 15.0. The van der Waals surface area contributed by atoms with Crippen molar-refractivity contribution < 1.29 is 4.79 Å². The van der Waals surface area contributed by atoms with Gasteiger partial charge in [-0.05, 0) is 53.7 Å². The standard InChI is InChI=1S/C20H18BrN7O2S/c1-13-18(19(30)28(26(13)2)16-6-4-3-5-7-16)22-17(29)12-31-20-23-24-25-27(20)15-10-8-14(21)9-11-15/h3-11H,12H2,1-2H3,(H,22,29). The fourth-order valence-electron chi connectivity index (χ4n) is 3.03. The van der Waals surface area contributed by atoms with Gasteiger partial charge in [0.05, 0.1) is 22.8 Å². The number of halogens is 1. The van der Waals surface area contributed by atoms with Crippen LogP contribution < -0.4 is 10.9 Å². The van der Waals surface area contributed by atoms with Crippen molar-refractivity contribution in [1.82, 2.24) is 29.6 Å². The van der Waals surface area contributed by atoms with Crippen molar-refractivity contribution in [2.24, 2.45) is 7.05 Å². The number of amides is 1. The molecule has 0 atom stereocenters. The molecule has 2 heterocycles. The molecule has 0 saturated heterocycles. The van der Waals surface area contributed by atoms with E-state index in [-0.39, 0.29) is 22.9 Å². The molecule has 1 amide bonds. The zero-order valence-electron chi connectivity index (χ0n) is 16.7. The van der Waals surface area contributed by atoms with Crippen molar-refractivity contribution in [3.63, 3.8) is 0 Å². The molecule has 0 aliphatic rings. The van der Waals surface area contributed by atoms with Crippen molar-refractivity contribution in [1.29, 1.82) is 0 Å². The summed E-state index contributed by atoms with van der Waals surface area (Å²) in [5.74, 6) is -0.267. The number of carbonyl (C=O) groups excluding carboxylic acids is 1. The lowest BCUT2D eigenvalue weighted by Gasteiger charge is -2.07. The number of thioether (sulfide) groups is 1. The van der Waals surface area contributed by atoms with Gasteiger partial charge in [0, 0.05) is 11.5 Å². The minimum absolute atomic E-state index is 0.0516. The SMILES string of the molecule is Cc1c(NC(=O)CSc2nnnn2-c2ccc(Br)cc2)c(=O)n(-c2ccccc2)n1C. The van der Waals surface area contributed by atoms with E-state index < -0.39 is 0 Å². The molecule has 0 spiro atoms. The van der Waals surface area contributed by atoms with E-state index in [4.69, 9.17) is 0 Å². The van der Waals surface area contributed by atoms with Gasteiger partial charge in [-0.2, -0.15) is 4.68 Å². The highest BCUT2D eigenvalue weighted by atomic mass is 79.9. The van der Waals surface area contributed by atoms with E-state index in [2.05, 4.69) is 36.8 Å². The van der Waals surface area contributed by atoms with Crippen LogP contribution in [0, 0.1) is 6.92 Å². The number of rotatable bonds is 6. The van der Waals surface area contributed by atoms with E-state index in [0.29, 0.717) is 10.9 Å². The van der Waals surface area contributed by atoms with E-state index in [1.807, 2.05) is 54.6 Å². The molecular formula is C20H18BrN7O2S. The van der Waals surface area contributed by atoms with Crippen LogP contribution in [-0.2, 0) is 11.8 Å². The number of nitrogens with zero attached hydrogens (tertiary/aromatic N) is 6. The summed E-state index contributed by atoms with van der Waals surface area (Å²) in [5, 5.41) is 14.9. The van der Waals surface area contributed by atoms with Gasteiger partial charge in [0.1, 0.15) is 5.69 Å². The predicted molar refractivity (Wildman–Crippen MR) is 122 cm³/mol. The molecule has 0 aliphatic heterocycles. The Morgan fingerprint density at radius 3 is 2.52 bits per heavy atom. The molecule has 0 bridgehead atoms. The Balaban J connectivity index is 1.49. The molecule has 2 aromatic carbocycles. The summed E-state index contributed by atoms with van der Waals surface area (Å²) in [6.45, 7) is 1.79. The van der Waals surface area contributed by atoms with Crippen molar-refractivity contribution in [2.75, 3.05) is 11.1 Å². The molecule has 0 aliphatic carbocycles. The van der Waals surface area contributed by atoms with E-state index in [0.717, 1.165) is 15.8 Å². The Kier molecular flexibility index (Phi) is 6.05. The van der Waals surface area contributed by atoms with Gasteiger partial charge >= 0.3 is 0 Å². The van der Waals surface area contributed by atoms with Gasteiger partial charge in [-0.3, -0.25) is 14.3 Å². The molecule has 0 saturated carbocycles. The third-order valence-electron chi connectivity index (χ3n) is 4.66. The summed E-state index contributed by atoms with van der Waals surface area (Å²) < 4.78 is 5.73. The maximum atomic E-state index is 12.9. The lowest BCUT2D eigenvalue weighted by Crippen LogP contribution is -2.23. The molecule has 1 N–H and O–H groups in total. The summed E-state index contributed by atoms with van der Waals surface area (Å²) in [6.07, 6.45) is 0. The number of benzene rings is 2. The molecule has 4 rings (SSSR count). The summed E-state index contributed by atoms with van der Waals surface area (Å²) in [7, 11) is 1.78. The highest BCUT2D eigenvalue weighted by molar-refractivity contribution is 9.10. The third kappa shape index (κ3) is 4.32. The molecule has 0 unspecified atom stereocenters. The van der Waals surface area contributed by atoms with Crippen LogP contribution in [0.15, 0.2) is 69.0 Å². The summed E-state index contributed by atoms with van der Waals surface area (Å²) in [4.78, 5) is 25.5. The number of carbonyl (C=O) groups is 1. The molecule has 4 aromatic rings. The second-order valence-corrected chi connectivity index (χ2v) is 8.48. The Labute approximate surface area is 190 Å². The molecule has 0 radical (unpaired) electrons. The number of para-hydroxylation sites is 1. The van der Waals surface area contributed by atoms with Crippen LogP contribution in [0.1, 0.15) is 5.69 Å². The maximum absolute atomic E-state index is 12.9. The molecular weight excluding hydrogens is 482 g/mol. The molecule has 0 fully saturated rings. The lowest BCUT2D eigenvalue weighted by molar-refractivity contribution is -0.113. The smallest absolute Gasteiger partial charge is 0.295 e. The minimum atomic E-state index is -0.318. The van der Waals surface area contributed by atoms with E-state index >= 15 is 0 Å². The lowest BCUT2D eigenvalue weighted by atomic mass is 10.3. The van der Waals surface area contributed by atoms with Crippen molar-refractivity contribution >= 4 is 39.3 Å². The number of aromatic nitrogens is 6. The zero-order valence-corrected chi connectivity index (χ0v) is 19.1. The van der Waals surface area contributed by atoms with Crippen LogP contribution in [0.3, 0.4) is 0 Å². The highest BCUT2D eigenvalue weighted by Crippen LogP contribution is 2.20. The van der Waals surface area contributed by atoms with E-state index in [1.165, 1.54) is 16.4 Å². The fraction of sp³-hybridized carbons (Fsp3) is 0.150. The van der Waals surface area contributed by atoms with Gasteiger partial charge < -0.3 is 5.32 Å². The molecule has 31 heavy (non-hydrogen) atoms. The van der Waals surface area contributed by atoms with Crippen LogP contribution in [0.4, 0.5) is 5.69 Å².